The van der Waals surface area contributed by atoms with Crippen LogP contribution < -0.4 is 0 Å². The lowest BCUT2D eigenvalue weighted by molar-refractivity contribution is -0.167. The summed E-state index contributed by atoms with van der Waals surface area (Å²) < 4.78 is 16.8. The van der Waals surface area contributed by atoms with E-state index in [0.717, 1.165) is 83.5 Å². The second-order valence-corrected chi connectivity index (χ2v) is 17.8. The molecule has 0 saturated heterocycles. The zero-order valence-corrected chi connectivity index (χ0v) is 41.6. The second kappa shape index (κ2) is 51.7. The van der Waals surface area contributed by atoms with E-state index >= 15 is 0 Å². The Kier molecular flexibility index (Phi) is 49.4. The van der Waals surface area contributed by atoms with Crippen molar-refractivity contribution in [1.82, 2.24) is 0 Å². The number of allylic oxidation sites excluding steroid dienone is 10. The van der Waals surface area contributed by atoms with Crippen LogP contribution in [0.5, 0.6) is 0 Å². The first-order valence-corrected chi connectivity index (χ1v) is 26.8. The zero-order valence-electron chi connectivity index (χ0n) is 41.6. The van der Waals surface area contributed by atoms with Crippen LogP contribution in [-0.2, 0) is 28.6 Å². The molecule has 0 aliphatic rings. The predicted molar refractivity (Wildman–Crippen MR) is 270 cm³/mol. The van der Waals surface area contributed by atoms with Crippen LogP contribution >= 0.6 is 0 Å². The standard InChI is InChI=1S/C57H100O6/c1-4-7-10-13-16-19-22-24-26-27-28-29-31-33-36-39-42-45-48-51-57(60)63-54(52-61-55(58)49-46-43-40-37-34-21-18-15-12-9-6-3)53-62-56(59)50-47-44-41-38-35-32-30-25-23-20-17-14-11-8-5-2/h8,11,17,20,24-26,30,35,38,54H,4-7,9-10,12-16,18-19,21-23,27-29,31-34,36-37,39-53H2,1-3H3/b11-8-,20-17-,26-24-,30-25-,38-35-/t54-/m0/s1. The van der Waals surface area contributed by atoms with Gasteiger partial charge in [0.2, 0.25) is 0 Å². The molecule has 0 saturated carbocycles. The Hall–Kier alpha value is -2.89. The Balaban J connectivity index is 4.39. The molecule has 0 rings (SSSR count). The average Bonchev–Trinajstić information content (AvgIpc) is 3.28. The van der Waals surface area contributed by atoms with Crippen molar-refractivity contribution < 1.29 is 28.6 Å². The maximum Gasteiger partial charge on any atom is 0.306 e. The highest BCUT2D eigenvalue weighted by molar-refractivity contribution is 5.71. The minimum absolute atomic E-state index is 0.0861. The van der Waals surface area contributed by atoms with E-state index < -0.39 is 6.10 Å². The molecule has 6 nitrogen and oxygen atoms in total. The van der Waals surface area contributed by atoms with E-state index in [2.05, 4.69) is 81.5 Å². The van der Waals surface area contributed by atoms with Gasteiger partial charge in [-0.15, -0.1) is 0 Å². The summed E-state index contributed by atoms with van der Waals surface area (Å²) in [7, 11) is 0. The van der Waals surface area contributed by atoms with Crippen molar-refractivity contribution >= 4 is 17.9 Å². The van der Waals surface area contributed by atoms with Crippen molar-refractivity contribution in [3.05, 3.63) is 60.8 Å². The molecule has 0 unspecified atom stereocenters. The van der Waals surface area contributed by atoms with Crippen LogP contribution in [0.2, 0.25) is 0 Å². The Morgan fingerprint density at radius 1 is 0.333 bits per heavy atom. The number of hydrogen-bond donors (Lipinski definition) is 0. The van der Waals surface area contributed by atoms with Gasteiger partial charge < -0.3 is 14.2 Å². The number of rotatable bonds is 48. The number of unbranched alkanes of at least 4 members (excludes halogenated alkanes) is 27. The van der Waals surface area contributed by atoms with E-state index in [4.69, 9.17) is 14.2 Å². The number of hydrogen-bond acceptors (Lipinski definition) is 6. The van der Waals surface area contributed by atoms with Crippen molar-refractivity contribution in [3.63, 3.8) is 0 Å². The van der Waals surface area contributed by atoms with Crippen LogP contribution in [0, 0.1) is 0 Å². The van der Waals surface area contributed by atoms with Crippen molar-refractivity contribution in [1.29, 1.82) is 0 Å². The largest absolute Gasteiger partial charge is 0.462 e. The van der Waals surface area contributed by atoms with Crippen LogP contribution in [0.25, 0.3) is 0 Å². The molecule has 1 atom stereocenters. The highest BCUT2D eigenvalue weighted by Crippen LogP contribution is 2.15. The molecule has 0 bridgehead atoms. The Bertz CT molecular complexity index is 1150. The lowest BCUT2D eigenvalue weighted by Gasteiger charge is -2.18. The fourth-order valence-corrected chi connectivity index (χ4v) is 7.49. The van der Waals surface area contributed by atoms with E-state index in [1.807, 2.05) is 0 Å². The molecule has 0 aromatic heterocycles. The summed E-state index contributed by atoms with van der Waals surface area (Å²) in [5, 5.41) is 0. The summed E-state index contributed by atoms with van der Waals surface area (Å²) in [6.07, 6.45) is 63.5. The summed E-state index contributed by atoms with van der Waals surface area (Å²) in [5.41, 5.74) is 0. The molecule has 0 N–H and O–H groups in total. The molecule has 0 aromatic carbocycles. The summed E-state index contributed by atoms with van der Waals surface area (Å²) in [6, 6.07) is 0. The minimum atomic E-state index is -0.789. The molecule has 0 aliphatic heterocycles. The van der Waals surface area contributed by atoms with Gasteiger partial charge in [0, 0.05) is 19.3 Å². The van der Waals surface area contributed by atoms with Crippen molar-refractivity contribution in [3.8, 4) is 0 Å². The minimum Gasteiger partial charge on any atom is -0.462 e. The third-order valence-corrected chi connectivity index (χ3v) is 11.5. The molecule has 0 fully saturated rings. The lowest BCUT2D eigenvalue weighted by Crippen LogP contribution is -2.30. The Labute approximate surface area is 390 Å². The first-order valence-electron chi connectivity index (χ1n) is 26.8. The first-order chi connectivity index (χ1) is 31.0. The van der Waals surface area contributed by atoms with Crippen LogP contribution in [0.15, 0.2) is 60.8 Å². The van der Waals surface area contributed by atoms with Crippen LogP contribution in [0.3, 0.4) is 0 Å². The Morgan fingerprint density at radius 3 is 1.02 bits per heavy atom. The van der Waals surface area contributed by atoms with Gasteiger partial charge in [-0.1, -0.05) is 223 Å². The average molecular weight is 881 g/mol. The van der Waals surface area contributed by atoms with Gasteiger partial charge >= 0.3 is 17.9 Å². The molecule has 0 aliphatic carbocycles. The molecule has 6 heteroatoms. The quantitative estimate of drug-likeness (QED) is 0.0262. The predicted octanol–water partition coefficient (Wildman–Crippen LogP) is 17.6. The molecule has 0 heterocycles. The van der Waals surface area contributed by atoms with Crippen molar-refractivity contribution in [2.45, 2.75) is 271 Å². The number of carbonyl (C=O) groups is 3. The fraction of sp³-hybridized carbons (Fsp3) is 0.772. The molecule has 63 heavy (non-hydrogen) atoms. The van der Waals surface area contributed by atoms with E-state index in [1.54, 1.807) is 0 Å². The third-order valence-electron chi connectivity index (χ3n) is 11.5. The molecule has 0 radical (unpaired) electrons. The zero-order chi connectivity index (χ0) is 45.8. The number of ether oxygens (including phenoxy) is 3. The topological polar surface area (TPSA) is 78.9 Å². The van der Waals surface area contributed by atoms with Gasteiger partial charge in [0.25, 0.3) is 0 Å². The summed E-state index contributed by atoms with van der Waals surface area (Å²) in [5.74, 6) is -0.926. The highest BCUT2D eigenvalue weighted by Gasteiger charge is 2.19. The molecular weight excluding hydrogens is 781 g/mol. The van der Waals surface area contributed by atoms with Gasteiger partial charge in [-0.05, 0) is 83.5 Å². The molecule has 364 valence electrons. The summed E-state index contributed by atoms with van der Waals surface area (Å²) >= 11 is 0. The SMILES string of the molecule is CC/C=C\C/C=C\C/C=C\C/C=C\CCCCC(=O)OC[C@H](COC(=O)CCCCCCCCCCCCC)OC(=O)CCCCCCCCCCC/C=C\CCCCCCCC. The number of carbonyl (C=O) groups excluding carboxylic acids is 3. The summed E-state index contributed by atoms with van der Waals surface area (Å²) in [4.78, 5) is 38.0. The van der Waals surface area contributed by atoms with Crippen LogP contribution in [-0.4, -0.2) is 37.2 Å². The normalized spacial score (nSPS) is 12.5. The monoisotopic (exact) mass is 881 g/mol. The highest BCUT2D eigenvalue weighted by atomic mass is 16.6. The van der Waals surface area contributed by atoms with E-state index in [1.165, 1.54) is 141 Å². The van der Waals surface area contributed by atoms with Gasteiger partial charge in [0.15, 0.2) is 6.10 Å². The lowest BCUT2D eigenvalue weighted by atomic mass is 10.1. The Morgan fingerprint density at radius 2 is 0.619 bits per heavy atom. The van der Waals surface area contributed by atoms with Gasteiger partial charge in [-0.3, -0.25) is 14.4 Å². The van der Waals surface area contributed by atoms with Crippen molar-refractivity contribution in [2.75, 3.05) is 13.2 Å². The number of esters is 3. The maximum atomic E-state index is 12.8. The third kappa shape index (κ3) is 50.0. The van der Waals surface area contributed by atoms with Gasteiger partial charge in [0.05, 0.1) is 0 Å². The maximum absolute atomic E-state index is 12.8. The first kappa shape index (κ1) is 60.1. The fourth-order valence-electron chi connectivity index (χ4n) is 7.49. The summed E-state index contributed by atoms with van der Waals surface area (Å²) in [6.45, 7) is 6.49. The molecule has 0 spiro atoms. The van der Waals surface area contributed by atoms with E-state index in [0.29, 0.717) is 19.3 Å². The smallest absolute Gasteiger partial charge is 0.306 e. The van der Waals surface area contributed by atoms with E-state index in [-0.39, 0.29) is 31.1 Å². The van der Waals surface area contributed by atoms with Gasteiger partial charge in [0.1, 0.15) is 13.2 Å². The van der Waals surface area contributed by atoms with Crippen molar-refractivity contribution in [2.24, 2.45) is 0 Å². The van der Waals surface area contributed by atoms with Crippen LogP contribution in [0.4, 0.5) is 0 Å². The second-order valence-electron chi connectivity index (χ2n) is 17.8. The molecular formula is C57H100O6. The molecule has 0 amide bonds. The van der Waals surface area contributed by atoms with Gasteiger partial charge in [-0.2, -0.15) is 0 Å². The van der Waals surface area contributed by atoms with Crippen LogP contribution in [0.1, 0.15) is 265 Å². The van der Waals surface area contributed by atoms with Gasteiger partial charge in [-0.25, -0.2) is 0 Å². The molecule has 0 aromatic rings. The van der Waals surface area contributed by atoms with E-state index in [9.17, 15) is 14.4 Å².